The molecule has 1 aliphatic carbocycles. The topological polar surface area (TPSA) is 110 Å². The molecule has 0 saturated carbocycles. The number of nitro groups is 1. The van der Waals surface area contributed by atoms with Gasteiger partial charge >= 0.3 is 10.3 Å². The van der Waals surface area contributed by atoms with E-state index >= 15 is 0 Å². The zero-order chi connectivity index (χ0) is 15.5. The predicted octanol–water partition coefficient (Wildman–Crippen LogP) is 1.56. The third-order valence-corrected chi connectivity index (χ3v) is 3.26. The molecule has 0 radical (unpaired) electrons. The first-order valence-corrected chi connectivity index (χ1v) is 7.34. The molecule has 0 heterocycles. The van der Waals surface area contributed by atoms with E-state index in [1.165, 1.54) is 18.2 Å². The van der Waals surface area contributed by atoms with Gasteiger partial charge < -0.3 is 0 Å². The van der Waals surface area contributed by atoms with Crippen molar-refractivity contribution in [1.29, 1.82) is 0 Å². The van der Waals surface area contributed by atoms with Gasteiger partial charge in [0.2, 0.25) is 0 Å². The van der Waals surface area contributed by atoms with Gasteiger partial charge in [0.1, 0.15) is 5.70 Å². The van der Waals surface area contributed by atoms with Crippen LogP contribution in [0.5, 0.6) is 0 Å². The molecule has 2 rings (SSSR count). The van der Waals surface area contributed by atoms with Crippen LogP contribution in [0, 0.1) is 10.1 Å². The number of benzene rings is 1. The van der Waals surface area contributed by atoms with E-state index in [2.05, 4.69) is 0 Å². The van der Waals surface area contributed by atoms with Gasteiger partial charge in [0.25, 0.3) is 6.04 Å². The van der Waals surface area contributed by atoms with Crippen LogP contribution >= 0.6 is 0 Å². The van der Waals surface area contributed by atoms with Crippen LogP contribution in [0.3, 0.4) is 0 Å². The van der Waals surface area contributed by atoms with Gasteiger partial charge in [-0.3, -0.25) is 19.4 Å². The number of nitrogens with one attached hydrogen (secondary N) is 1. The van der Waals surface area contributed by atoms with Gasteiger partial charge in [-0.15, -0.1) is 0 Å². The molecule has 0 spiro atoms. The Bertz CT molecular complexity index is 735. The summed E-state index contributed by atoms with van der Waals surface area (Å²) in [4.78, 5) is 10.6. The third kappa shape index (κ3) is 4.01. The maximum Gasteiger partial charge on any atom is 0.357 e. The fraction of sp³-hybridized carbons (Fsp3) is 0.0769. The summed E-state index contributed by atoms with van der Waals surface area (Å²) >= 11 is 0. The van der Waals surface area contributed by atoms with Crippen molar-refractivity contribution in [3.8, 4) is 0 Å². The third-order valence-electron chi connectivity index (χ3n) is 2.77. The SMILES string of the molecule is O=[N+]([O-])C1C(=Cc2ccccc2)C=CC=C1NS(=O)(=O)O. The van der Waals surface area contributed by atoms with Crippen molar-refractivity contribution in [3.05, 3.63) is 75.5 Å². The molecule has 1 aliphatic rings. The van der Waals surface area contributed by atoms with Gasteiger partial charge in [0, 0.05) is 10.5 Å². The van der Waals surface area contributed by atoms with E-state index in [1.54, 1.807) is 35.1 Å². The number of hydrogen-bond donors (Lipinski definition) is 2. The molecule has 110 valence electrons. The highest BCUT2D eigenvalue weighted by molar-refractivity contribution is 7.83. The molecular formula is C13H12N2O5S. The Hall–Kier alpha value is -2.45. The summed E-state index contributed by atoms with van der Waals surface area (Å²) in [6.45, 7) is 0. The summed E-state index contributed by atoms with van der Waals surface area (Å²) in [5.74, 6) is 0. The zero-order valence-corrected chi connectivity index (χ0v) is 11.5. The summed E-state index contributed by atoms with van der Waals surface area (Å²) in [6.07, 6.45) is 5.82. The first-order valence-electron chi connectivity index (χ1n) is 5.90. The second-order valence-corrected chi connectivity index (χ2v) is 5.46. The van der Waals surface area contributed by atoms with Crippen LogP contribution in [0.25, 0.3) is 6.08 Å². The second-order valence-electron chi connectivity index (χ2n) is 4.30. The lowest BCUT2D eigenvalue weighted by atomic mass is 9.97. The highest BCUT2D eigenvalue weighted by atomic mass is 32.2. The molecule has 2 N–H and O–H groups in total. The van der Waals surface area contributed by atoms with Crippen LogP contribution in [0.1, 0.15) is 5.56 Å². The number of allylic oxidation sites excluding steroid dienone is 2. The molecule has 0 fully saturated rings. The second kappa shape index (κ2) is 5.90. The first kappa shape index (κ1) is 14.9. The normalized spacial score (nSPS) is 20.1. The molecule has 1 unspecified atom stereocenters. The van der Waals surface area contributed by atoms with E-state index in [-0.39, 0.29) is 5.70 Å². The smallest absolute Gasteiger partial charge is 0.269 e. The van der Waals surface area contributed by atoms with Crippen molar-refractivity contribution in [1.82, 2.24) is 4.72 Å². The quantitative estimate of drug-likeness (QED) is 0.498. The van der Waals surface area contributed by atoms with Gasteiger partial charge in [-0.2, -0.15) is 8.42 Å². The van der Waals surface area contributed by atoms with Crippen LogP contribution in [0.2, 0.25) is 0 Å². The van der Waals surface area contributed by atoms with E-state index < -0.39 is 21.3 Å². The number of nitrogens with zero attached hydrogens (tertiary/aromatic N) is 1. The van der Waals surface area contributed by atoms with E-state index in [0.717, 1.165) is 5.56 Å². The zero-order valence-electron chi connectivity index (χ0n) is 10.7. The predicted molar refractivity (Wildman–Crippen MR) is 77.1 cm³/mol. The summed E-state index contributed by atoms with van der Waals surface area (Å²) in [7, 11) is -4.57. The van der Waals surface area contributed by atoms with Gasteiger partial charge in [-0.1, -0.05) is 42.5 Å². The standard InChI is InChI=1S/C13H12N2O5S/c16-15(17)13-11(9-10-5-2-1-3-6-10)7-4-8-12(13)14-21(18,19)20/h1-9,13-14H,(H,18,19,20). The maximum atomic E-state index is 11.2. The van der Waals surface area contributed by atoms with Crippen LogP contribution < -0.4 is 4.72 Å². The van der Waals surface area contributed by atoms with Crippen molar-refractivity contribution in [3.63, 3.8) is 0 Å². The van der Waals surface area contributed by atoms with E-state index in [4.69, 9.17) is 4.55 Å². The van der Waals surface area contributed by atoms with E-state index in [9.17, 15) is 18.5 Å². The Morgan fingerprint density at radius 1 is 1.29 bits per heavy atom. The lowest BCUT2D eigenvalue weighted by Gasteiger charge is -2.17. The van der Waals surface area contributed by atoms with Gasteiger partial charge in [0.15, 0.2) is 0 Å². The summed E-state index contributed by atoms with van der Waals surface area (Å²) < 4.78 is 32.3. The minimum absolute atomic E-state index is 0.216. The molecule has 7 nitrogen and oxygen atoms in total. The number of hydrogen-bond acceptors (Lipinski definition) is 4. The van der Waals surface area contributed by atoms with Crippen molar-refractivity contribution in [2.75, 3.05) is 0 Å². The monoisotopic (exact) mass is 308 g/mol. The Morgan fingerprint density at radius 3 is 2.52 bits per heavy atom. The molecule has 21 heavy (non-hydrogen) atoms. The van der Waals surface area contributed by atoms with Crippen molar-refractivity contribution >= 4 is 16.4 Å². The number of rotatable bonds is 4. The minimum Gasteiger partial charge on any atom is -0.269 e. The van der Waals surface area contributed by atoms with Crippen molar-refractivity contribution in [2.45, 2.75) is 6.04 Å². The molecular weight excluding hydrogens is 296 g/mol. The van der Waals surface area contributed by atoms with E-state index in [0.29, 0.717) is 5.57 Å². The van der Waals surface area contributed by atoms with Crippen molar-refractivity contribution < 1.29 is 17.9 Å². The van der Waals surface area contributed by atoms with Gasteiger partial charge in [0.05, 0.1) is 0 Å². The molecule has 8 heteroatoms. The summed E-state index contributed by atoms with van der Waals surface area (Å²) in [6, 6.07) is 7.53. The lowest BCUT2D eigenvalue weighted by molar-refractivity contribution is -0.501. The Labute approximate surface area is 121 Å². The van der Waals surface area contributed by atoms with Crippen LogP contribution in [-0.4, -0.2) is 23.9 Å². The molecule has 0 bridgehead atoms. The maximum absolute atomic E-state index is 11.2. The molecule has 1 aromatic carbocycles. The minimum atomic E-state index is -4.57. The molecule has 0 aromatic heterocycles. The Balaban J connectivity index is 2.40. The van der Waals surface area contributed by atoms with Crippen molar-refractivity contribution in [2.24, 2.45) is 0 Å². The van der Waals surface area contributed by atoms with Gasteiger partial charge in [-0.05, 0) is 17.7 Å². The molecule has 0 amide bonds. The molecule has 0 saturated heterocycles. The van der Waals surface area contributed by atoms with Crippen LogP contribution in [-0.2, 0) is 10.3 Å². The lowest BCUT2D eigenvalue weighted by Crippen LogP contribution is -2.35. The molecule has 1 aromatic rings. The van der Waals surface area contributed by atoms with E-state index in [1.807, 2.05) is 6.07 Å². The highest BCUT2D eigenvalue weighted by Crippen LogP contribution is 2.22. The highest BCUT2D eigenvalue weighted by Gasteiger charge is 2.32. The average molecular weight is 308 g/mol. The summed E-state index contributed by atoms with van der Waals surface area (Å²) in [5, 5.41) is 11.2. The fourth-order valence-corrected chi connectivity index (χ4v) is 2.45. The summed E-state index contributed by atoms with van der Waals surface area (Å²) in [5.41, 5.74) is 0.837. The van der Waals surface area contributed by atoms with Gasteiger partial charge in [-0.25, -0.2) is 0 Å². The first-order chi connectivity index (χ1) is 9.87. The fourth-order valence-electron chi connectivity index (χ4n) is 1.97. The van der Waals surface area contributed by atoms with Crippen LogP contribution in [0.15, 0.2) is 59.8 Å². The average Bonchev–Trinajstić information content (AvgIpc) is 2.37. The Morgan fingerprint density at radius 2 is 1.95 bits per heavy atom. The van der Waals surface area contributed by atoms with Crippen LogP contribution in [0.4, 0.5) is 0 Å². The largest absolute Gasteiger partial charge is 0.357 e. The molecule has 1 atom stereocenters. The Kier molecular flexibility index (Phi) is 4.20. The molecule has 0 aliphatic heterocycles.